The van der Waals surface area contributed by atoms with E-state index in [1.54, 1.807) is 13.8 Å². The van der Waals surface area contributed by atoms with Gasteiger partial charge in [-0.1, -0.05) is 0 Å². The average molecular weight is 211 g/mol. The number of ether oxygens (including phenoxy) is 1. The Hall–Kier alpha value is -0.170. The van der Waals surface area contributed by atoms with Crippen molar-refractivity contribution in [3.8, 4) is 0 Å². The van der Waals surface area contributed by atoms with Crippen molar-refractivity contribution in [2.45, 2.75) is 26.6 Å². The molecule has 1 atom stereocenters. The molecule has 0 aromatic heterocycles. The van der Waals surface area contributed by atoms with Gasteiger partial charge in [-0.05, 0) is 26.8 Å². The molecule has 0 aliphatic carbocycles. The molecule has 0 aliphatic rings. The van der Waals surface area contributed by atoms with Gasteiger partial charge >= 0.3 is 0 Å². The summed E-state index contributed by atoms with van der Waals surface area (Å²) in [5.41, 5.74) is 5.17. The number of hydrogen-bond donors (Lipinski definition) is 1. The van der Waals surface area contributed by atoms with Gasteiger partial charge in [0.1, 0.15) is 0 Å². The second-order valence-corrected chi connectivity index (χ2v) is 4.24. The molecule has 0 saturated carbocycles. The monoisotopic (exact) mass is 211 g/mol. The van der Waals surface area contributed by atoms with E-state index >= 15 is 0 Å². The lowest BCUT2D eigenvalue weighted by atomic mass is 10.5. The van der Waals surface area contributed by atoms with E-state index in [1.807, 2.05) is 0 Å². The molecule has 0 aliphatic heterocycles. The van der Waals surface area contributed by atoms with Crippen LogP contribution in [0.4, 0.5) is 0 Å². The molecule has 80 valence electrons. The molecule has 0 spiro atoms. The van der Waals surface area contributed by atoms with Crippen LogP contribution in [0.1, 0.15) is 20.3 Å². The van der Waals surface area contributed by atoms with E-state index in [1.165, 1.54) is 0 Å². The van der Waals surface area contributed by atoms with Crippen LogP contribution in [0.15, 0.2) is 0 Å². The van der Waals surface area contributed by atoms with Gasteiger partial charge in [0, 0.05) is 6.61 Å². The minimum Gasteiger partial charge on any atom is -0.352 e. The van der Waals surface area contributed by atoms with Crippen LogP contribution in [0, 0.1) is 0 Å². The Morgan fingerprint density at radius 3 is 2.54 bits per heavy atom. The Morgan fingerprint density at radius 2 is 2.08 bits per heavy atom. The summed E-state index contributed by atoms with van der Waals surface area (Å²) in [6, 6.07) is 0. The van der Waals surface area contributed by atoms with Crippen LogP contribution in [0.2, 0.25) is 0 Å². The Morgan fingerprint density at radius 1 is 1.46 bits per heavy atom. The lowest BCUT2D eigenvalue weighted by molar-refractivity contribution is -0.0571. The van der Waals surface area contributed by atoms with Crippen LogP contribution in [-0.2, 0) is 19.0 Å². The summed E-state index contributed by atoms with van der Waals surface area (Å²) in [6.07, 6.45) is -0.311. The fourth-order valence-electron chi connectivity index (χ4n) is 0.777. The average Bonchev–Trinajstić information content (AvgIpc) is 2.00. The van der Waals surface area contributed by atoms with Crippen LogP contribution >= 0.6 is 0 Å². The van der Waals surface area contributed by atoms with Crippen LogP contribution < -0.4 is 5.73 Å². The summed E-state index contributed by atoms with van der Waals surface area (Å²) in [4.78, 5) is 0. The lowest BCUT2D eigenvalue weighted by Crippen LogP contribution is -2.21. The van der Waals surface area contributed by atoms with Crippen LogP contribution in [0.25, 0.3) is 0 Å². The molecule has 5 nitrogen and oxygen atoms in total. The van der Waals surface area contributed by atoms with Gasteiger partial charge in [0.05, 0.1) is 5.75 Å². The molecule has 0 saturated heterocycles. The summed E-state index contributed by atoms with van der Waals surface area (Å²) >= 11 is 0. The molecule has 2 N–H and O–H groups in total. The maximum atomic E-state index is 11.1. The van der Waals surface area contributed by atoms with Gasteiger partial charge in [-0.25, -0.2) is 4.18 Å². The van der Waals surface area contributed by atoms with Gasteiger partial charge in [0.25, 0.3) is 10.1 Å². The second kappa shape index (κ2) is 6.31. The first kappa shape index (κ1) is 12.8. The smallest absolute Gasteiger partial charge is 0.269 e. The fourth-order valence-corrected chi connectivity index (χ4v) is 1.86. The number of nitrogens with two attached hydrogens (primary N) is 1. The second-order valence-electron chi connectivity index (χ2n) is 2.52. The quantitative estimate of drug-likeness (QED) is 0.476. The van der Waals surface area contributed by atoms with Crippen molar-refractivity contribution in [1.82, 2.24) is 0 Å². The van der Waals surface area contributed by atoms with Crippen LogP contribution in [0.5, 0.6) is 0 Å². The molecule has 1 unspecified atom stereocenters. The zero-order valence-corrected chi connectivity index (χ0v) is 8.84. The van der Waals surface area contributed by atoms with Gasteiger partial charge in [-0.2, -0.15) is 8.42 Å². The van der Waals surface area contributed by atoms with Crippen molar-refractivity contribution in [2.75, 3.05) is 18.9 Å². The highest BCUT2D eigenvalue weighted by atomic mass is 32.2. The molecular weight excluding hydrogens is 194 g/mol. The maximum absolute atomic E-state index is 11.1. The first-order valence-electron chi connectivity index (χ1n) is 4.24. The Bertz CT molecular complexity index is 215. The number of hydrogen-bond acceptors (Lipinski definition) is 5. The fraction of sp³-hybridized carbons (Fsp3) is 1.00. The highest BCUT2D eigenvalue weighted by Crippen LogP contribution is 2.02. The predicted octanol–water partition coefficient (Wildman–Crippen LogP) is 0.0641. The highest BCUT2D eigenvalue weighted by molar-refractivity contribution is 7.86. The SMILES string of the molecule is CCOC(C)OS(=O)(=O)CCCN. The molecule has 0 aromatic rings. The van der Waals surface area contributed by atoms with Gasteiger partial charge in [-0.15, -0.1) is 0 Å². The van der Waals surface area contributed by atoms with Crippen LogP contribution in [-0.4, -0.2) is 33.6 Å². The Labute approximate surface area is 79.3 Å². The summed E-state index contributed by atoms with van der Waals surface area (Å²) < 4.78 is 31.8. The van der Waals surface area contributed by atoms with E-state index in [4.69, 9.17) is 10.5 Å². The van der Waals surface area contributed by atoms with Crippen molar-refractivity contribution in [2.24, 2.45) is 5.73 Å². The molecule has 0 aromatic carbocycles. The molecule has 0 amide bonds. The standard InChI is InChI=1S/C7H17NO4S/c1-3-11-7(2)12-13(9,10)6-4-5-8/h7H,3-6,8H2,1-2H3. The minimum absolute atomic E-state index is 0.0546. The highest BCUT2D eigenvalue weighted by Gasteiger charge is 2.15. The Balaban J connectivity index is 3.87. The third-order valence-corrected chi connectivity index (χ3v) is 2.63. The largest absolute Gasteiger partial charge is 0.352 e. The Kier molecular flexibility index (Phi) is 6.23. The first-order valence-corrected chi connectivity index (χ1v) is 5.82. The molecular formula is C7H17NO4S. The van der Waals surface area contributed by atoms with E-state index in [0.29, 0.717) is 19.6 Å². The molecule has 13 heavy (non-hydrogen) atoms. The molecule has 6 heteroatoms. The molecule has 0 heterocycles. The molecule has 0 rings (SSSR count). The van der Waals surface area contributed by atoms with Gasteiger partial charge < -0.3 is 10.5 Å². The van der Waals surface area contributed by atoms with E-state index in [0.717, 1.165) is 0 Å². The lowest BCUT2D eigenvalue weighted by Gasteiger charge is -2.11. The third kappa shape index (κ3) is 6.94. The first-order chi connectivity index (χ1) is 6.02. The molecule has 0 fully saturated rings. The van der Waals surface area contributed by atoms with E-state index in [9.17, 15) is 8.42 Å². The van der Waals surface area contributed by atoms with Crippen molar-refractivity contribution in [1.29, 1.82) is 0 Å². The van der Waals surface area contributed by atoms with Gasteiger partial charge in [-0.3, -0.25) is 0 Å². The molecule has 0 bridgehead atoms. The van der Waals surface area contributed by atoms with Crippen molar-refractivity contribution in [3.63, 3.8) is 0 Å². The zero-order valence-electron chi connectivity index (χ0n) is 8.02. The summed E-state index contributed by atoms with van der Waals surface area (Å²) in [7, 11) is -3.47. The summed E-state index contributed by atoms with van der Waals surface area (Å²) in [6.45, 7) is 4.08. The van der Waals surface area contributed by atoms with E-state index in [-0.39, 0.29) is 5.75 Å². The summed E-state index contributed by atoms with van der Waals surface area (Å²) in [5, 5.41) is 0. The van der Waals surface area contributed by atoms with Gasteiger partial charge in [0.15, 0.2) is 6.29 Å². The van der Waals surface area contributed by atoms with Crippen molar-refractivity contribution < 1.29 is 17.3 Å². The normalized spacial score (nSPS) is 14.4. The predicted molar refractivity (Wildman–Crippen MR) is 49.6 cm³/mol. The third-order valence-electron chi connectivity index (χ3n) is 1.28. The molecule has 0 radical (unpaired) electrons. The maximum Gasteiger partial charge on any atom is 0.269 e. The minimum atomic E-state index is -3.47. The van der Waals surface area contributed by atoms with Crippen LogP contribution in [0.3, 0.4) is 0 Å². The van der Waals surface area contributed by atoms with E-state index in [2.05, 4.69) is 4.18 Å². The van der Waals surface area contributed by atoms with Crippen molar-refractivity contribution in [3.05, 3.63) is 0 Å². The summed E-state index contributed by atoms with van der Waals surface area (Å²) in [5.74, 6) is -0.0546. The van der Waals surface area contributed by atoms with Gasteiger partial charge in [0.2, 0.25) is 0 Å². The zero-order chi connectivity index (χ0) is 10.3. The van der Waals surface area contributed by atoms with E-state index < -0.39 is 16.4 Å². The van der Waals surface area contributed by atoms with Crippen molar-refractivity contribution >= 4 is 10.1 Å². The topological polar surface area (TPSA) is 78.6 Å². The number of rotatable bonds is 7.